The van der Waals surface area contributed by atoms with Crippen LogP contribution in [0.1, 0.15) is 22.0 Å². The van der Waals surface area contributed by atoms with Gasteiger partial charge in [-0.25, -0.2) is 0 Å². The normalized spacial score (nSPS) is 15.9. The second kappa shape index (κ2) is 9.77. The number of piperazine rings is 1. The van der Waals surface area contributed by atoms with E-state index in [2.05, 4.69) is 56.3 Å². The van der Waals surface area contributed by atoms with Gasteiger partial charge in [-0.1, -0.05) is 53.8 Å². The van der Waals surface area contributed by atoms with Crippen molar-refractivity contribution >= 4 is 16.3 Å². The Morgan fingerprint density at radius 2 is 1.86 bits per heavy atom. The van der Waals surface area contributed by atoms with Crippen LogP contribution in [0.3, 0.4) is 0 Å². The molecule has 4 heterocycles. The lowest BCUT2D eigenvalue weighted by Crippen LogP contribution is -2.47. The number of aromatic hydroxyl groups is 1. The van der Waals surface area contributed by atoms with Gasteiger partial charge in [0, 0.05) is 32.7 Å². The van der Waals surface area contributed by atoms with Gasteiger partial charge in [-0.15, -0.1) is 5.10 Å². The first-order valence-electron chi connectivity index (χ1n) is 12.0. The summed E-state index contributed by atoms with van der Waals surface area (Å²) in [5.74, 6) is 1.94. The van der Waals surface area contributed by atoms with Gasteiger partial charge in [0.25, 0.3) is 0 Å². The molecule has 1 saturated heterocycles. The van der Waals surface area contributed by atoms with Crippen molar-refractivity contribution in [2.24, 2.45) is 0 Å². The number of ether oxygens (including phenoxy) is 1. The second-order valence-electron chi connectivity index (χ2n) is 8.87. The Morgan fingerprint density at radius 3 is 2.58 bits per heavy atom. The minimum Gasteiger partial charge on any atom is -0.497 e. The van der Waals surface area contributed by atoms with Crippen molar-refractivity contribution < 1.29 is 14.3 Å². The molecule has 0 amide bonds. The average molecular weight is 502 g/mol. The van der Waals surface area contributed by atoms with E-state index in [1.165, 1.54) is 21.4 Å². The molecule has 1 atom stereocenters. The number of aromatic nitrogens is 3. The molecule has 8 nitrogen and oxygen atoms in total. The molecule has 2 aromatic carbocycles. The van der Waals surface area contributed by atoms with Gasteiger partial charge in [0.1, 0.15) is 5.75 Å². The lowest BCUT2D eigenvalue weighted by Gasteiger charge is -2.39. The highest BCUT2D eigenvalue weighted by atomic mass is 32.1. The number of hydrogen-bond acceptors (Lipinski definition) is 8. The highest BCUT2D eigenvalue weighted by Gasteiger charge is 2.32. The highest BCUT2D eigenvalue weighted by Crippen LogP contribution is 2.41. The summed E-state index contributed by atoms with van der Waals surface area (Å²) in [7, 11) is 1.67. The van der Waals surface area contributed by atoms with Gasteiger partial charge in [-0.05, 0) is 35.4 Å². The van der Waals surface area contributed by atoms with Gasteiger partial charge in [0.2, 0.25) is 16.7 Å². The number of fused-ring (bicyclic) bond motifs is 1. The zero-order chi connectivity index (χ0) is 24.5. The summed E-state index contributed by atoms with van der Waals surface area (Å²) in [6, 6.07) is 22.1. The van der Waals surface area contributed by atoms with E-state index >= 15 is 0 Å². The van der Waals surface area contributed by atoms with Crippen LogP contribution in [0.5, 0.6) is 11.6 Å². The quantitative estimate of drug-likeness (QED) is 0.347. The van der Waals surface area contributed by atoms with E-state index in [9.17, 15) is 5.11 Å². The SMILES string of the molecule is COc1cccc([C@H](c2sc3nc(-c4ccco4)nn3c2O)N2CCN(Cc3ccccc3)CC2)c1. The molecular weight excluding hydrogens is 474 g/mol. The van der Waals surface area contributed by atoms with Crippen LogP contribution in [0.2, 0.25) is 0 Å². The first-order valence-corrected chi connectivity index (χ1v) is 12.8. The second-order valence-corrected chi connectivity index (χ2v) is 9.88. The number of methoxy groups -OCH3 is 1. The third-order valence-corrected chi connectivity index (χ3v) is 7.69. The topological polar surface area (TPSA) is 79.3 Å². The Bertz CT molecular complexity index is 1440. The summed E-state index contributed by atoms with van der Waals surface area (Å²) in [5, 5.41) is 15.8. The van der Waals surface area contributed by atoms with E-state index in [0.717, 1.165) is 48.9 Å². The predicted molar refractivity (Wildman–Crippen MR) is 138 cm³/mol. The number of rotatable bonds is 7. The summed E-state index contributed by atoms with van der Waals surface area (Å²) in [5.41, 5.74) is 2.39. The molecule has 9 heteroatoms. The predicted octanol–water partition coefficient (Wildman–Crippen LogP) is 4.67. The van der Waals surface area contributed by atoms with Crippen LogP contribution in [0, 0.1) is 0 Å². The van der Waals surface area contributed by atoms with Gasteiger partial charge in [-0.2, -0.15) is 9.50 Å². The summed E-state index contributed by atoms with van der Waals surface area (Å²) in [6.45, 7) is 4.58. The summed E-state index contributed by atoms with van der Waals surface area (Å²) in [6.07, 6.45) is 1.59. The Kier molecular flexibility index (Phi) is 6.18. The Morgan fingerprint density at radius 1 is 1.03 bits per heavy atom. The lowest BCUT2D eigenvalue weighted by atomic mass is 10.0. The zero-order valence-corrected chi connectivity index (χ0v) is 20.8. The van der Waals surface area contributed by atoms with Gasteiger partial charge in [-0.3, -0.25) is 9.80 Å². The third-order valence-electron chi connectivity index (χ3n) is 6.62. The first kappa shape index (κ1) is 22.8. The smallest absolute Gasteiger partial charge is 0.230 e. The van der Waals surface area contributed by atoms with Gasteiger partial charge < -0.3 is 14.3 Å². The molecule has 1 fully saturated rings. The van der Waals surface area contributed by atoms with Crippen LogP contribution in [-0.2, 0) is 6.54 Å². The molecule has 0 radical (unpaired) electrons. The summed E-state index contributed by atoms with van der Waals surface area (Å²) < 4.78 is 12.5. The fourth-order valence-electron chi connectivity index (χ4n) is 4.80. The molecule has 0 aliphatic carbocycles. The molecule has 0 spiro atoms. The minimum atomic E-state index is -0.139. The number of thiazole rings is 1. The molecule has 1 aliphatic heterocycles. The molecule has 0 saturated carbocycles. The number of furan rings is 1. The molecule has 3 aromatic heterocycles. The molecule has 5 aromatic rings. The lowest BCUT2D eigenvalue weighted by molar-refractivity contribution is 0.105. The van der Waals surface area contributed by atoms with E-state index in [1.54, 1.807) is 19.4 Å². The van der Waals surface area contributed by atoms with Crippen molar-refractivity contribution in [1.29, 1.82) is 0 Å². The average Bonchev–Trinajstić information content (AvgIpc) is 3.65. The molecule has 0 bridgehead atoms. The molecule has 1 N–H and O–H groups in total. The standard InChI is InChI=1S/C27H27N5O3S/c1-34-21-10-5-9-20(17-21)23(31-14-12-30(13-15-31)18-19-7-3-2-4-8-19)24-26(33)32-27(36-24)28-25(29-32)22-11-6-16-35-22/h2-11,16-17,23,33H,12-15,18H2,1H3/t23-/m1/s1. The minimum absolute atomic E-state index is 0.111. The maximum absolute atomic E-state index is 11.3. The Balaban J connectivity index is 1.31. The van der Waals surface area contributed by atoms with Crippen LogP contribution in [0.15, 0.2) is 77.4 Å². The van der Waals surface area contributed by atoms with Crippen molar-refractivity contribution in [3.8, 4) is 23.2 Å². The zero-order valence-electron chi connectivity index (χ0n) is 19.9. The van der Waals surface area contributed by atoms with Crippen LogP contribution in [0.4, 0.5) is 0 Å². The van der Waals surface area contributed by atoms with Crippen LogP contribution >= 0.6 is 11.3 Å². The molecular formula is C27H27N5O3S. The molecule has 6 rings (SSSR count). The summed E-state index contributed by atoms with van der Waals surface area (Å²) in [4.78, 5) is 11.0. The van der Waals surface area contributed by atoms with Crippen LogP contribution < -0.4 is 4.74 Å². The molecule has 36 heavy (non-hydrogen) atoms. The third kappa shape index (κ3) is 4.37. The summed E-state index contributed by atoms with van der Waals surface area (Å²) >= 11 is 1.46. The van der Waals surface area contributed by atoms with Gasteiger partial charge >= 0.3 is 0 Å². The molecule has 1 aliphatic rings. The Hall–Kier alpha value is -3.66. The monoisotopic (exact) mass is 501 g/mol. The largest absolute Gasteiger partial charge is 0.497 e. The maximum atomic E-state index is 11.3. The molecule has 184 valence electrons. The van der Waals surface area contributed by atoms with Crippen molar-refractivity contribution in [3.05, 3.63) is 89.0 Å². The van der Waals surface area contributed by atoms with Crippen LogP contribution in [-0.4, -0.2) is 62.8 Å². The highest BCUT2D eigenvalue weighted by molar-refractivity contribution is 7.17. The van der Waals surface area contributed by atoms with Gasteiger partial charge in [0.05, 0.1) is 24.3 Å². The van der Waals surface area contributed by atoms with Crippen molar-refractivity contribution in [3.63, 3.8) is 0 Å². The van der Waals surface area contributed by atoms with E-state index in [1.807, 2.05) is 24.3 Å². The van der Waals surface area contributed by atoms with E-state index in [0.29, 0.717) is 16.5 Å². The fraction of sp³-hybridized carbons (Fsp3) is 0.259. The Labute approximate surface area is 213 Å². The van der Waals surface area contributed by atoms with E-state index in [4.69, 9.17) is 9.15 Å². The van der Waals surface area contributed by atoms with Crippen molar-refractivity contribution in [2.75, 3.05) is 33.3 Å². The van der Waals surface area contributed by atoms with Crippen molar-refractivity contribution in [2.45, 2.75) is 12.6 Å². The van der Waals surface area contributed by atoms with E-state index in [-0.39, 0.29) is 11.9 Å². The molecule has 0 unspecified atom stereocenters. The fourth-order valence-corrected chi connectivity index (χ4v) is 5.92. The van der Waals surface area contributed by atoms with Crippen molar-refractivity contribution in [1.82, 2.24) is 24.4 Å². The van der Waals surface area contributed by atoms with E-state index < -0.39 is 0 Å². The van der Waals surface area contributed by atoms with Crippen LogP contribution in [0.25, 0.3) is 16.5 Å². The number of nitrogens with zero attached hydrogens (tertiary/aromatic N) is 5. The first-order chi connectivity index (χ1) is 17.7. The van der Waals surface area contributed by atoms with Gasteiger partial charge in [0.15, 0.2) is 5.76 Å². The maximum Gasteiger partial charge on any atom is 0.230 e. The number of hydrogen-bond donors (Lipinski definition) is 1. The number of benzene rings is 2.